The fourth-order valence-corrected chi connectivity index (χ4v) is 5.03. The summed E-state index contributed by atoms with van der Waals surface area (Å²) >= 11 is 0. The molecule has 2 N–H and O–H groups in total. The van der Waals surface area contributed by atoms with E-state index in [0.717, 1.165) is 33.7 Å². The first kappa shape index (κ1) is 17.5. The summed E-state index contributed by atoms with van der Waals surface area (Å²) in [7, 11) is 0. The summed E-state index contributed by atoms with van der Waals surface area (Å²) in [5.41, 5.74) is 6.68. The first-order valence-corrected chi connectivity index (χ1v) is 10.9. The lowest BCUT2D eigenvalue weighted by atomic mass is 9.95. The van der Waals surface area contributed by atoms with Crippen LogP contribution in [0, 0.1) is 13.8 Å². The molecule has 7 aromatic rings. The third-order valence-electron chi connectivity index (χ3n) is 6.50. The molecule has 4 nitrogen and oxygen atoms in total. The van der Waals surface area contributed by atoms with E-state index in [2.05, 4.69) is 87.7 Å². The Kier molecular flexibility index (Phi) is 3.37. The molecule has 0 saturated heterocycles. The average molecular weight is 412 g/mol. The largest absolute Gasteiger partial charge is 0.342 e. The van der Waals surface area contributed by atoms with Gasteiger partial charge in [-0.05, 0) is 70.8 Å². The molecule has 0 unspecified atom stereocenters. The van der Waals surface area contributed by atoms with E-state index in [9.17, 15) is 0 Å². The maximum atomic E-state index is 4.70. The zero-order valence-electron chi connectivity index (χ0n) is 17.8. The zero-order valence-corrected chi connectivity index (χ0v) is 17.8. The van der Waals surface area contributed by atoms with E-state index in [0.29, 0.717) is 0 Å². The van der Waals surface area contributed by atoms with Crippen molar-refractivity contribution in [2.24, 2.45) is 0 Å². The van der Waals surface area contributed by atoms with Crippen molar-refractivity contribution in [3.63, 3.8) is 0 Å². The van der Waals surface area contributed by atoms with E-state index < -0.39 is 0 Å². The number of hydrogen-bond donors (Lipinski definition) is 2. The maximum Gasteiger partial charge on any atom is 0.104 e. The minimum atomic E-state index is 0.945. The zero-order chi connectivity index (χ0) is 21.4. The summed E-state index contributed by atoms with van der Waals surface area (Å²) in [4.78, 5) is 16.0. The van der Waals surface area contributed by atoms with Crippen molar-refractivity contribution in [1.82, 2.24) is 19.9 Å². The second kappa shape index (κ2) is 6.17. The van der Waals surface area contributed by atoms with Gasteiger partial charge >= 0.3 is 0 Å². The number of aromatic amines is 2. The Hall–Kier alpha value is -4.18. The standard InChI is InChI=1S/C28H20N4/c1-15-29-25-11-6-20-14-18(4-8-22(20)27(25)31-15)17-3-7-21-19(13-17)5-9-24-23(21)10-12-26-28(24)32-16(2)30-26/h3-14H,1-2H3,(H,29,31)(H,30,32). The fourth-order valence-electron chi connectivity index (χ4n) is 5.03. The first-order chi connectivity index (χ1) is 15.6. The number of aryl methyl sites for hydroxylation is 2. The number of aromatic nitrogens is 4. The second-order valence-electron chi connectivity index (χ2n) is 8.60. The van der Waals surface area contributed by atoms with Gasteiger partial charge in [-0.15, -0.1) is 0 Å². The molecule has 32 heavy (non-hydrogen) atoms. The van der Waals surface area contributed by atoms with E-state index in [1.54, 1.807) is 0 Å². The summed E-state index contributed by atoms with van der Waals surface area (Å²) in [5.74, 6) is 1.89. The molecule has 0 radical (unpaired) electrons. The predicted octanol–water partition coefficient (Wildman–Crippen LogP) is 7.18. The van der Waals surface area contributed by atoms with Gasteiger partial charge in [-0.2, -0.15) is 0 Å². The topological polar surface area (TPSA) is 57.4 Å². The Morgan fingerprint density at radius 3 is 1.72 bits per heavy atom. The second-order valence-corrected chi connectivity index (χ2v) is 8.60. The first-order valence-electron chi connectivity index (χ1n) is 10.9. The van der Waals surface area contributed by atoms with Gasteiger partial charge < -0.3 is 9.97 Å². The molecule has 0 aliphatic heterocycles. The third kappa shape index (κ3) is 2.44. The van der Waals surface area contributed by atoms with Crippen LogP contribution in [0.5, 0.6) is 0 Å². The molecule has 0 atom stereocenters. The smallest absolute Gasteiger partial charge is 0.104 e. The lowest BCUT2D eigenvalue weighted by molar-refractivity contribution is 1.17. The maximum absolute atomic E-state index is 4.70. The molecule has 0 amide bonds. The minimum absolute atomic E-state index is 0.945. The lowest BCUT2D eigenvalue weighted by Gasteiger charge is -2.09. The van der Waals surface area contributed by atoms with Gasteiger partial charge in [0.05, 0.1) is 22.1 Å². The van der Waals surface area contributed by atoms with E-state index >= 15 is 0 Å². The van der Waals surface area contributed by atoms with Gasteiger partial charge in [-0.3, -0.25) is 0 Å². The molecule has 152 valence electrons. The number of benzene rings is 5. The van der Waals surface area contributed by atoms with E-state index in [1.165, 1.54) is 43.4 Å². The Labute approximate surface area is 183 Å². The van der Waals surface area contributed by atoms with Crippen molar-refractivity contribution in [1.29, 1.82) is 0 Å². The van der Waals surface area contributed by atoms with Crippen LogP contribution < -0.4 is 0 Å². The molecule has 2 heterocycles. The predicted molar refractivity (Wildman–Crippen MR) is 133 cm³/mol. The average Bonchev–Trinajstić information content (AvgIpc) is 3.39. The van der Waals surface area contributed by atoms with Gasteiger partial charge in [0.15, 0.2) is 0 Å². The lowest BCUT2D eigenvalue weighted by Crippen LogP contribution is -1.84. The van der Waals surface area contributed by atoms with Gasteiger partial charge in [0.25, 0.3) is 0 Å². The van der Waals surface area contributed by atoms with Crippen LogP contribution in [-0.2, 0) is 0 Å². The highest BCUT2D eigenvalue weighted by Crippen LogP contribution is 2.34. The molecule has 5 aromatic carbocycles. The van der Waals surface area contributed by atoms with Gasteiger partial charge in [-0.25, -0.2) is 9.97 Å². The molecule has 0 aliphatic carbocycles. The van der Waals surface area contributed by atoms with Crippen LogP contribution in [0.1, 0.15) is 11.6 Å². The number of nitrogens with zero attached hydrogens (tertiary/aromatic N) is 2. The Bertz CT molecular complexity index is 1850. The van der Waals surface area contributed by atoms with Crippen molar-refractivity contribution in [2.45, 2.75) is 13.8 Å². The molecule has 0 fully saturated rings. The van der Waals surface area contributed by atoms with Crippen LogP contribution in [0.2, 0.25) is 0 Å². The summed E-state index contributed by atoms with van der Waals surface area (Å²) in [6.45, 7) is 4.00. The molecule has 0 aliphatic rings. The fraction of sp³-hybridized carbons (Fsp3) is 0.0714. The van der Waals surface area contributed by atoms with Crippen molar-refractivity contribution >= 4 is 54.4 Å². The molecule has 0 spiro atoms. The molecular weight excluding hydrogens is 392 g/mol. The number of imidazole rings is 2. The van der Waals surface area contributed by atoms with E-state index in [-0.39, 0.29) is 0 Å². The van der Waals surface area contributed by atoms with Crippen LogP contribution >= 0.6 is 0 Å². The molecular formula is C28H20N4. The summed E-state index contributed by atoms with van der Waals surface area (Å²) in [6, 6.07) is 26.4. The Morgan fingerprint density at radius 1 is 0.500 bits per heavy atom. The van der Waals surface area contributed by atoms with Crippen molar-refractivity contribution in [2.75, 3.05) is 0 Å². The molecule has 4 heteroatoms. The summed E-state index contributed by atoms with van der Waals surface area (Å²) in [5, 5.41) is 7.31. The summed E-state index contributed by atoms with van der Waals surface area (Å²) in [6.07, 6.45) is 0. The Balaban J connectivity index is 1.41. The van der Waals surface area contributed by atoms with Gasteiger partial charge in [0, 0.05) is 10.8 Å². The normalized spacial score (nSPS) is 12.1. The SMILES string of the molecule is Cc1nc2c(ccc3cc(-c4ccc5c(ccc6c5ccc5[nH]c(C)nc56)c4)ccc32)[nH]1. The Morgan fingerprint density at radius 2 is 1.00 bits per heavy atom. The third-order valence-corrected chi connectivity index (χ3v) is 6.50. The molecule has 0 bridgehead atoms. The number of H-pyrrole nitrogens is 2. The quantitative estimate of drug-likeness (QED) is 0.281. The molecule has 0 saturated carbocycles. The highest BCUT2D eigenvalue weighted by Gasteiger charge is 2.10. The van der Waals surface area contributed by atoms with Crippen LogP contribution in [-0.4, -0.2) is 19.9 Å². The van der Waals surface area contributed by atoms with Gasteiger partial charge in [0.2, 0.25) is 0 Å². The minimum Gasteiger partial charge on any atom is -0.342 e. The van der Waals surface area contributed by atoms with Gasteiger partial charge in [-0.1, -0.05) is 48.5 Å². The summed E-state index contributed by atoms with van der Waals surface area (Å²) < 4.78 is 0. The number of hydrogen-bond acceptors (Lipinski definition) is 2. The van der Waals surface area contributed by atoms with E-state index in [1.807, 2.05) is 13.8 Å². The number of fused-ring (bicyclic) bond motifs is 8. The molecule has 7 rings (SSSR count). The van der Waals surface area contributed by atoms with Crippen LogP contribution in [0.3, 0.4) is 0 Å². The van der Waals surface area contributed by atoms with Crippen molar-refractivity contribution < 1.29 is 0 Å². The number of rotatable bonds is 1. The molecule has 2 aromatic heterocycles. The highest BCUT2D eigenvalue weighted by atomic mass is 14.9. The van der Waals surface area contributed by atoms with Crippen molar-refractivity contribution in [3.05, 3.63) is 84.4 Å². The highest BCUT2D eigenvalue weighted by molar-refractivity contribution is 6.16. The van der Waals surface area contributed by atoms with Crippen LogP contribution in [0.25, 0.3) is 65.5 Å². The van der Waals surface area contributed by atoms with Crippen LogP contribution in [0.4, 0.5) is 0 Å². The monoisotopic (exact) mass is 412 g/mol. The van der Waals surface area contributed by atoms with Crippen LogP contribution in [0.15, 0.2) is 72.8 Å². The van der Waals surface area contributed by atoms with E-state index in [4.69, 9.17) is 4.98 Å². The van der Waals surface area contributed by atoms with Crippen molar-refractivity contribution in [3.8, 4) is 11.1 Å². The van der Waals surface area contributed by atoms with Gasteiger partial charge in [0.1, 0.15) is 11.6 Å². The number of nitrogens with one attached hydrogen (secondary N) is 2.